The molecule has 1 atom stereocenters. The van der Waals surface area contributed by atoms with Crippen molar-refractivity contribution in [1.82, 2.24) is 5.32 Å². The Morgan fingerprint density at radius 2 is 1.71 bits per heavy atom. The number of alkyl carbamates (subject to hydrolysis) is 1. The summed E-state index contributed by atoms with van der Waals surface area (Å²) >= 11 is 0. The zero-order valence-electron chi connectivity index (χ0n) is 17.5. The minimum absolute atomic E-state index is 0.0880. The Hall–Kier alpha value is -3.51. The summed E-state index contributed by atoms with van der Waals surface area (Å²) in [6, 6.07) is 16.0. The highest BCUT2D eigenvalue weighted by Gasteiger charge is 2.35. The Morgan fingerprint density at radius 1 is 1.10 bits per heavy atom. The van der Waals surface area contributed by atoms with Gasteiger partial charge in [0.1, 0.15) is 12.1 Å². The number of nitrogens with one attached hydrogen (secondary N) is 1. The van der Waals surface area contributed by atoms with Crippen molar-refractivity contribution in [2.45, 2.75) is 44.1 Å². The summed E-state index contributed by atoms with van der Waals surface area (Å²) in [6.07, 6.45) is 1.45. The predicted molar refractivity (Wildman–Crippen MR) is 117 cm³/mol. The molecule has 0 aromatic heterocycles. The van der Waals surface area contributed by atoms with Crippen LogP contribution >= 0.6 is 0 Å². The van der Waals surface area contributed by atoms with Crippen molar-refractivity contribution in [1.29, 1.82) is 0 Å². The van der Waals surface area contributed by atoms with Gasteiger partial charge in [0, 0.05) is 17.4 Å². The van der Waals surface area contributed by atoms with Crippen molar-refractivity contribution in [3.05, 3.63) is 70.1 Å². The molecular weight excluding hydrogens is 396 g/mol. The number of rotatable bonds is 10. The van der Waals surface area contributed by atoms with Gasteiger partial charge >= 0.3 is 12.1 Å². The van der Waals surface area contributed by atoms with Crippen molar-refractivity contribution in [2.75, 3.05) is 13.2 Å². The zero-order chi connectivity index (χ0) is 22.3. The number of carbonyl (C=O) groups excluding carboxylic acids is 1. The predicted octanol–water partition coefficient (Wildman–Crippen LogP) is 5.24. The number of hydrogen-bond acceptors (Lipinski definition) is 4. The summed E-state index contributed by atoms with van der Waals surface area (Å²) < 4.78 is 5.48. The summed E-state index contributed by atoms with van der Waals surface area (Å²) in [6.45, 7) is 1.98. The van der Waals surface area contributed by atoms with Crippen LogP contribution in [0.2, 0.25) is 0 Å². The van der Waals surface area contributed by atoms with Gasteiger partial charge in [0.2, 0.25) is 0 Å². The van der Waals surface area contributed by atoms with Gasteiger partial charge in [0.05, 0.1) is 0 Å². The fourth-order valence-corrected chi connectivity index (χ4v) is 3.97. The Labute approximate surface area is 180 Å². The molecule has 0 heterocycles. The normalized spacial score (nSPS) is 14.0. The summed E-state index contributed by atoms with van der Waals surface area (Å²) in [7, 11) is 0. The highest BCUT2D eigenvalue weighted by atomic mass is 16.5. The van der Waals surface area contributed by atoms with E-state index >= 15 is 0 Å². The third kappa shape index (κ3) is 5.16. The Bertz CT molecular complexity index is 957. The van der Waals surface area contributed by atoms with E-state index in [1.54, 1.807) is 0 Å². The zero-order valence-corrected chi connectivity index (χ0v) is 17.5. The first-order chi connectivity index (χ1) is 15.0. The molecule has 0 spiro atoms. The van der Waals surface area contributed by atoms with Crippen LogP contribution in [-0.2, 0) is 9.53 Å². The van der Waals surface area contributed by atoms with Crippen LogP contribution in [0, 0.1) is 0 Å². The second kappa shape index (κ2) is 10.00. The van der Waals surface area contributed by atoms with E-state index in [1.807, 2.05) is 36.4 Å². The van der Waals surface area contributed by atoms with E-state index in [0.717, 1.165) is 22.3 Å². The lowest BCUT2D eigenvalue weighted by molar-refractivity contribution is -0.144. The number of nitrogens with zero attached hydrogens (tertiary/aromatic N) is 3. The first-order valence-corrected chi connectivity index (χ1v) is 10.3. The van der Waals surface area contributed by atoms with Crippen LogP contribution in [0.3, 0.4) is 0 Å². The molecule has 162 valence electrons. The molecule has 0 fully saturated rings. The lowest BCUT2D eigenvalue weighted by atomic mass is 9.94. The van der Waals surface area contributed by atoms with Crippen LogP contribution in [0.15, 0.2) is 53.6 Å². The van der Waals surface area contributed by atoms with Crippen LogP contribution in [0.1, 0.15) is 49.7 Å². The molecule has 2 aromatic carbocycles. The van der Waals surface area contributed by atoms with Crippen LogP contribution in [0.5, 0.6) is 0 Å². The molecule has 1 amide bonds. The lowest BCUT2D eigenvalue weighted by Crippen LogP contribution is -2.52. The minimum atomic E-state index is -1.43. The van der Waals surface area contributed by atoms with Gasteiger partial charge in [-0.1, -0.05) is 66.5 Å². The highest BCUT2D eigenvalue weighted by molar-refractivity contribution is 5.84. The van der Waals surface area contributed by atoms with E-state index in [9.17, 15) is 14.7 Å². The van der Waals surface area contributed by atoms with Gasteiger partial charge in [-0.3, -0.25) is 0 Å². The molecule has 31 heavy (non-hydrogen) atoms. The fourth-order valence-electron chi connectivity index (χ4n) is 3.97. The number of fused-ring (bicyclic) bond motifs is 3. The number of hydrogen-bond donors (Lipinski definition) is 2. The highest BCUT2D eigenvalue weighted by Crippen LogP contribution is 2.44. The average molecular weight is 422 g/mol. The largest absolute Gasteiger partial charge is 0.480 e. The van der Waals surface area contributed by atoms with Crippen molar-refractivity contribution in [3.8, 4) is 11.1 Å². The molecule has 0 aliphatic heterocycles. The van der Waals surface area contributed by atoms with E-state index < -0.39 is 17.6 Å². The van der Waals surface area contributed by atoms with Gasteiger partial charge < -0.3 is 15.2 Å². The van der Waals surface area contributed by atoms with Crippen molar-refractivity contribution in [2.24, 2.45) is 5.11 Å². The van der Waals surface area contributed by atoms with Gasteiger partial charge in [-0.15, -0.1) is 0 Å². The minimum Gasteiger partial charge on any atom is -0.480 e. The first kappa shape index (κ1) is 22.2. The molecule has 1 aliphatic rings. The molecule has 0 bridgehead atoms. The number of aliphatic carboxylic acids is 1. The molecule has 1 aliphatic carbocycles. The SMILES string of the molecule is C[C@@](CCCCCN=[N+]=[N-])(NC(=O)OCC1c2ccccc2-c2ccccc21)C(=O)O. The second-order valence-corrected chi connectivity index (χ2v) is 7.85. The number of carboxylic acid groups (broad SMARTS) is 1. The van der Waals surface area contributed by atoms with Crippen molar-refractivity contribution < 1.29 is 19.4 Å². The van der Waals surface area contributed by atoms with Crippen LogP contribution in [-0.4, -0.2) is 35.9 Å². The summed E-state index contributed by atoms with van der Waals surface area (Å²) in [5.41, 5.74) is 11.3. The third-order valence-corrected chi connectivity index (χ3v) is 5.69. The van der Waals surface area contributed by atoms with Crippen molar-refractivity contribution in [3.63, 3.8) is 0 Å². The quantitative estimate of drug-likeness (QED) is 0.235. The number of amides is 1. The fraction of sp³-hybridized carbons (Fsp3) is 0.391. The van der Waals surface area contributed by atoms with Gasteiger partial charge in [-0.05, 0) is 47.6 Å². The molecule has 8 heteroatoms. The van der Waals surface area contributed by atoms with E-state index in [4.69, 9.17) is 10.3 Å². The number of carbonyl (C=O) groups is 2. The smallest absolute Gasteiger partial charge is 0.408 e. The summed E-state index contributed by atoms with van der Waals surface area (Å²) in [5.74, 6) is -1.20. The first-order valence-electron chi connectivity index (χ1n) is 10.3. The number of azide groups is 1. The summed E-state index contributed by atoms with van der Waals surface area (Å²) in [5, 5.41) is 15.6. The number of ether oxygens (including phenoxy) is 1. The second-order valence-electron chi connectivity index (χ2n) is 7.85. The summed E-state index contributed by atoms with van der Waals surface area (Å²) in [4.78, 5) is 26.9. The number of unbranched alkanes of at least 4 members (excludes halogenated alkanes) is 2. The molecule has 3 rings (SSSR count). The maximum absolute atomic E-state index is 12.5. The molecular formula is C23H26N4O4. The van der Waals surface area contributed by atoms with E-state index in [1.165, 1.54) is 6.92 Å². The van der Waals surface area contributed by atoms with E-state index in [-0.39, 0.29) is 18.9 Å². The van der Waals surface area contributed by atoms with Gasteiger partial charge in [-0.2, -0.15) is 0 Å². The van der Waals surface area contributed by atoms with E-state index in [2.05, 4.69) is 27.5 Å². The van der Waals surface area contributed by atoms with Crippen molar-refractivity contribution >= 4 is 12.1 Å². The van der Waals surface area contributed by atoms with Crippen LogP contribution < -0.4 is 5.32 Å². The third-order valence-electron chi connectivity index (χ3n) is 5.69. The van der Waals surface area contributed by atoms with Gasteiger partial charge in [0.25, 0.3) is 0 Å². The molecule has 0 saturated carbocycles. The lowest BCUT2D eigenvalue weighted by Gasteiger charge is -2.26. The van der Waals surface area contributed by atoms with E-state index in [0.29, 0.717) is 25.8 Å². The average Bonchev–Trinajstić information content (AvgIpc) is 3.08. The van der Waals surface area contributed by atoms with Gasteiger partial charge in [-0.25, -0.2) is 9.59 Å². The number of carboxylic acids is 1. The Balaban J connectivity index is 1.59. The monoisotopic (exact) mass is 422 g/mol. The Kier molecular flexibility index (Phi) is 7.15. The maximum Gasteiger partial charge on any atom is 0.408 e. The maximum atomic E-state index is 12.5. The molecule has 2 aromatic rings. The number of benzene rings is 2. The standard InChI is InChI=1S/C23H26N4O4/c1-23(21(28)29,13-7-2-8-14-25-27-24)26-22(30)31-15-20-18-11-5-3-9-16(18)17-10-4-6-12-19(17)20/h3-6,9-12,20H,2,7-8,13-15H2,1H3,(H,26,30)(H,28,29)/t23-/m0/s1. The molecule has 2 N–H and O–H groups in total. The molecule has 0 radical (unpaired) electrons. The molecule has 0 unspecified atom stereocenters. The van der Waals surface area contributed by atoms with Crippen LogP contribution in [0.4, 0.5) is 4.79 Å². The molecule has 0 saturated heterocycles. The topological polar surface area (TPSA) is 124 Å². The van der Waals surface area contributed by atoms with Gasteiger partial charge in [0.15, 0.2) is 0 Å². The molecule has 8 nitrogen and oxygen atoms in total. The van der Waals surface area contributed by atoms with Crippen LogP contribution in [0.25, 0.3) is 21.6 Å². The Morgan fingerprint density at radius 3 is 2.29 bits per heavy atom.